The van der Waals surface area contributed by atoms with Crippen LogP contribution in [0.5, 0.6) is 0 Å². The minimum atomic E-state index is 0.0494. The van der Waals surface area contributed by atoms with Crippen LogP contribution in [0.15, 0.2) is 47.6 Å². The fourth-order valence-electron chi connectivity index (χ4n) is 1.71. The summed E-state index contributed by atoms with van der Waals surface area (Å²) >= 11 is 1.75. The van der Waals surface area contributed by atoms with Crippen molar-refractivity contribution in [3.05, 3.63) is 59.3 Å². The largest absolute Gasteiger partial charge is 0.324 e. The number of hydrogen-bond donors (Lipinski definition) is 1. The van der Waals surface area contributed by atoms with Gasteiger partial charge in [0.05, 0.1) is 5.03 Å². The molecule has 0 spiro atoms. The van der Waals surface area contributed by atoms with Gasteiger partial charge in [-0.05, 0) is 31.0 Å². The standard InChI is InChI=1S/C15H18N2S/c1-11-4-3-5-13(8-11)10-18-15-7-6-14(9-17-15)12(2)16/h3-9,12H,10,16H2,1-2H3/t12-/m1/s1. The molecule has 18 heavy (non-hydrogen) atoms. The van der Waals surface area contributed by atoms with Crippen LogP contribution in [0.3, 0.4) is 0 Å². The maximum atomic E-state index is 5.80. The van der Waals surface area contributed by atoms with Gasteiger partial charge in [-0.3, -0.25) is 0 Å². The molecule has 1 aromatic carbocycles. The van der Waals surface area contributed by atoms with E-state index in [9.17, 15) is 0 Å². The van der Waals surface area contributed by atoms with Crippen molar-refractivity contribution in [1.29, 1.82) is 0 Å². The van der Waals surface area contributed by atoms with Gasteiger partial charge in [0, 0.05) is 18.0 Å². The fraction of sp³-hybridized carbons (Fsp3) is 0.267. The summed E-state index contributed by atoms with van der Waals surface area (Å²) < 4.78 is 0. The van der Waals surface area contributed by atoms with Gasteiger partial charge in [0.2, 0.25) is 0 Å². The van der Waals surface area contributed by atoms with E-state index in [0.29, 0.717) is 0 Å². The minimum absolute atomic E-state index is 0.0494. The van der Waals surface area contributed by atoms with Crippen LogP contribution in [0.25, 0.3) is 0 Å². The van der Waals surface area contributed by atoms with Crippen LogP contribution in [-0.4, -0.2) is 4.98 Å². The normalized spacial score (nSPS) is 12.4. The average Bonchev–Trinajstić information content (AvgIpc) is 2.37. The fourth-order valence-corrected chi connectivity index (χ4v) is 2.49. The first kappa shape index (κ1) is 13.1. The highest BCUT2D eigenvalue weighted by Gasteiger charge is 2.01. The molecule has 0 bridgehead atoms. The van der Waals surface area contributed by atoms with E-state index in [-0.39, 0.29) is 6.04 Å². The van der Waals surface area contributed by atoms with Crippen LogP contribution in [-0.2, 0) is 5.75 Å². The van der Waals surface area contributed by atoms with Gasteiger partial charge in [0.25, 0.3) is 0 Å². The Morgan fingerprint density at radius 2 is 2.11 bits per heavy atom. The molecule has 0 amide bonds. The third-order valence-electron chi connectivity index (χ3n) is 2.75. The lowest BCUT2D eigenvalue weighted by Gasteiger charge is -2.06. The van der Waals surface area contributed by atoms with E-state index in [0.717, 1.165) is 16.3 Å². The summed E-state index contributed by atoms with van der Waals surface area (Å²) in [5.74, 6) is 0.951. The quantitative estimate of drug-likeness (QED) is 0.850. The highest BCUT2D eigenvalue weighted by Crippen LogP contribution is 2.22. The molecule has 0 saturated heterocycles. The van der Waals surface area contributed by atoms with E-state index in [1.807, 2.05) is 19.2 Å². The Labute approximate surface area is 113 Å². The Morgan fingerprint density at radius 1 is 1.28 bits per heavy atom. The summed E-state index contributed by atoms with van der Waals surface area (Å²) in [5, 5.41) is 1.04. The molecule has 94 valence electrons. The molecule has 0 saturated carbocycles. The summed E-state index contributed by atoms with van der Waals surface area (Å²) in [6.07, 6.45) is 1.86. The summed E-state index contributed by atoms with van der Waals surface area (Å²) in [6.45, 7) is 4.08. The third-order valence-corrected chi connectivity index (χ3v) is 3.77. The second-order valence-corrected chi connectivity index (χ2v) is 5.49. The van der Waals surface area contributed by atoms with Crippen molar-refractivity contribution in [1.82, 2.24) is 4.98 Å². The molecule has 1 atom stereocenters. The molecular weight excluding hydrogens is 240 g/mol. The number of benzene rings is 1. The second-order valence-electron chi connectivity index (χ2n) is 4.50. The molecule has 2 aromatic rings. The van der Waals surface area contributed by atoms with Crippen LogP contribution in [0.2, 0.25) is 0 Å². The van der Waals surface area contributed by atoms with Gasteiger partial charge in [0.1, 0.15) is 0 Å². The molecule has 0 aliphatic rings. The number of pyridine rings is 1. The Balaban J connectivity index is 1.98. The van der Waals surface area contributed by atoms with Crippen LogP contribution in [0.4, 0.5) is 0 Å². The summed E-state index contributed by atoms with van der Waals surface area (Å²) in [7, 11) is 0. The van der Waals surface area contributed by atoms with Crippen LogP contribution in [0.1, 0.15) is 29.7 Å². The predicted molar refractivity (Wildman–Crippen MR) is 77.6 cm³/mol. The van der Waals surface area contributed by atoms with Gasteiger partial charge in [-0.1, -0.05) is 35.9 Å². The number of aryl methyl sites for hydroxylation is 1. The first-order chi connectivity index (χ1) is 8.65. The molecule has 0 aliphatic carbocycles. The number of rotatable bonds is 4. The maximum Gasteiger partial charge on any atom is 0.0963 e. The van der Waals surface area contributed by atoms with Gasteiger partial charge < -0.3 is 5.73 Å². The van der Waals surface area contributed by atoms with Gasteiger partial charge >= 0.3 is 0 Å². The Hall–Kier alpha value is -1.32. The zero-order chi connectivity index (χ0) is 13.0. The van der Waals surface area contributed by atoms with Gasteiger partial charge in [-0.15, -0.1) is 11.8 Å². The molecule has 1 heterocycles. The average molecular weight is 258 g/mol. The predicted octanol–water partition coefficient (Wildman–Crippen LogP) is 3.70. The van der Waals surface area contributed by atoms with Crippen molar-refractivity contribution < 1.29 is 0 Å². The number of hydrogen-bond acceptors (Lipinski definition) is 3. The Morgan fingerprint density at radius 3 is 2.72 bits per heavy atom. The van der Waals surface area contributed by atoms with E-state index < -0.39 is 0 Å². The highest BCUT2D eigenvalue weighted by molar-refractivity contribution is 7.98. The monoisotopic (exact) mass is 258 g/mol. The van der Waals surface area contributed by atoms with Gasteiger partial charge in [0.15, 0.2) is 0 Å². The molecule has 0 fully saturated rings. The second kappa shape index (κ2) is 6.03. The lowest BCUT2D eigenvalue weighted by molar-refractivity contribution is 0.806. The van der Waals surface area contributed by atoms with Crippen LogP contribution >= 0.6 is 11.8 Å². The van der Waals surface area contributed by atoms with Crippen molar-refractivity contribution in [3.8, 4) is 0 Å². The Kier molecular flexibility index (Phi) is 4.39. The topological polar surface area (TPSA) is 38.9 Å². The number of nitrogens with zero attached hydrogens (tertiary/aromatic N) is 1. The number of aromatic nitrogens is 1. The first-order valence-electron chi connectivity index (χ1n) is 6.05. The molecule has 3 heteroatoms. The van der Waals surface area contributed by atoms with E-state index in [2.05, 4.69) is 42.2 Å². The Bertz CT molecular complexity index is 506. The van der Waals surface area contributed by atoms with Crippen molar-refractivity contribution in [2.45, 2.75) is 30.7 Å². The number of nitrogens with two attached hydrogens (primary N) is 1. The molecule has 2 nitrogen and oxygen atoms in total. The molecule has 0 radical (unpaired) electrons. The zero-order valence-corrected chi connectivity index (χ0v) is 11.6. The van der Waals surface area contributed by atoms with Crippen LogP contribution in [0, 0.1) is 6.92 Å². The SMILES string of the molecule is Cc1cccc(CSc2ccc([C@@H](C)N)cn2)c1. The lowest BCUT2D eigenvalue weighted by Crippen LogP contribution is -2.04. The summed E-state index contributed by atoms with van der Waals surface area (Å²) in [5.41, 5.74) is 9.51. The van der Waals surface area contributed by atoms with Gasteiger partial charge in [-0.2, -0.15) is 0 Å². The maximum absolute atomic E-state index is 5.80. The molecular formula is C15H18N2S. The molecule has 0 aliphatic heterocycles. The van der Waals surface area contributed by atoms with E-state index in [1.165, 1.54) is 11.1 Å². The highest BCUT2D eigenvalue weighted by atomic mass is 32.2. The minimum Gasteiger partial charge on any atom is -0.324 e. The van der Waals surface area contributed by atoms with Crippen molar-refractivity contribution in [3.63, 3.8) is 0 Å². The van der Waals surface area contributed by atoms with E-state index in [4.69, 9.17) is 5.73 Å². The van der Waals surface area contributed by atoms with E-state index in [1.54, 1.807) is 11.8 Å². The molecule has 0 unspecified atom stereocenters. The van der Waals surface area contributed by atoms with Gasteiger partial charge in [-0.25, -0.2) is 4.98 Å². The first-order valence-corrected chi connectivity index (χ1v) is 7.03. The van der Waals surface area contributed by atoms with Crippen molar-refractivity contribution >= 4 is 11.8 Å². The summed E-state index contributed by atoms with van der Waals surface area (Å²) in [4.78, 5) is 4.42. The van der Waals surface area contributed by atoms with E-state index >= 15 is 0 Å². The molecule has 1 aromatic heterocycles. The third kappa shape index (κ3) is 3.59. The van der Waals surface area contributed by atoms with Crippen LogP contribution < -0.4 is 5.73 Å². The number of thioether (sulfide) groups is 1. The zero-order valence-electron chi connectivity index (χ0n) is 10.8. The molecule has 2 N–H and O–H groups in total. The van der Waals surface area contributed by atoms with Crippen molar-refractivity contribution in [2.24, 2.45) is 5.73 Å². The smallest absolute Gasteiger partial charge is 0.0963 e. The summed E-state index contributed by atoms with van der Waals surface area (Å²) in [6, 6.07) is 12.7. The lowest BCUT2D eigenvalue weighted by atomic mass is 10.2. The molecule has 2 rings (SSSR count). The van der Waals surface area contributed by atoms with Crippen molar-refractivity contribution in [2.75, 3.05) is 0 Å².